The normalized spacial score (nSPS) is 19.0. The first-order chi connectivity index (χ1) is 8.21. The van der Waals surface area contributed by atoms with Crippen LogP contribution in [-0.4, -0.2) is 7.11 Å². The molecule has 0 saturated heterocycles. The van der Waals surface area contributed by atoms with Crippen molar-refractivity contribution in [3.8, 4) is 5.75 Å². The van der Waals surface area contributed by atoms with Crippen molar-refractivity contribution in [2.45, 2.75) is 51.0 Å². The molecule has 2 nitrogen and oxygen atoms in total. The molecule has 1 aromatic carbocycles. The van der Waals surface area contributed by atoms with Gasteiger partial charge in [0, 0.05) is 11.1 Å². The molecule has 0 unspecified atom stereocenters. The molecule has 1 aliphatic carbocycles. The lowest BCUT2D eigenvalue weighted by molar-refractivity contribution is 0.288. The fourth-order valence-corrected chi connectivity index (χ4v) is 2.95. The van der Waals surface area contributed by atoms with E-state index in [1.165, 1.54) is 30.4 Å². The second kappa shape index (κ2) is 5.09. The third kappa shape index (κ3) is 2.32. The average Bonchev–Trinajstić information content (AvgIpc) is 2.38. The Morgan fingerprint density at radius 3 is 2.53 bits per heavy atom. The zero-order valence-electron chi connectivity index (χ0n) is 11.0. The Labute approximate surface area is 104 Å². The molecule has 2 N–H and O–H groups in total. The van der Waals surface area contributed by atoms with Gasteiger partial charge in [-0.2, -0.15) is 0 Å². The van der Waals surface area contributed by atoms with E-state index in [4.69, 9.17) is 10.5 Å². The molecule has 0 aliphatic heterocycles. The fourth-order valence-electron chi connectivity index (χ4n) is 2.95. The van der Waals surface area contributed by atoms with Gasteiger partial charge in [-0.15, -0.1) is 0 Å². The van der Waals surface area contributed by atoms with Crippen LogP contribution in [0.15, 0.2) is 18.2 Å². The predicted molar refractivity (Wildman–Crippen MR) is 71.3 cm³/mol. The van der Waals surface area contributed by atoms with Crippen LogP contribution in [0.3, 0.4) is 0 Å². The molecule has 1 aliphatic rings. The molecule has 2 rings (SSSR count). The van der Waals surface area contributed by atoms with Crippen molar-refractivity contribution in [2.24, 2.45) is 5.73 Å². The molecule has 0 radical (unpaired) electrons. The first-order valence-corrected chi connectivity index (χ1v) is 6.66. The summed E-state index contributed by atoms with van der Waals surface area (Å²) in [6.45, 7) is 2.16. The summed E-state index contributed by atoms with van der Waals surface area (Å²) in [7, 11) is 1.75. The highest BCUT2D eigenvalue weighted by molar-refractivity contribution is 5.45. The third-order valence-electron chi connectivity index (χ3n) is 3.96. The Balaban J connectivity index is 2.42. The summed E-state index contributed by atoms with van der Waals surface area (Å²) < 4.78 is 5.61. The maximum atomic E-state index is 6.60. The third-order valence-corrected chi connectivity index (χ3v) is 3.96. The number of benzene rings is 1. The largest absolute Gasteiger partial charge is 0.496 e. The molecule has 94 valence electrons. The van der Waals surface area contributed by atoms with E-state index >= 15 is 0 Å². The Hall–Kier alpha value is -1.02. The zero-order valence-corrected chi connectivity index (χ0v) is 11.0. The lowest BCUT2D eigenvalue weighted by atomic mass is 9.76. The van der Waals surface area contributed by atoms with E-state index in [-0.39, 0.29) is 5.54 Å². The Bertz CT molecular complexity index is 381. The molecule has 2 heteroatoms. The summed E-state index contributed by atoms with van der Waals surface area (Å²) in [6, 6.07) is 6.39. The van der Waals surface area contributed by atoms with Gasteiger partial charge in [-0.1, -0.05) is 44.4 Å². The molecule has 1 saturated carbocycles. The van der Waals surface area contributed by atoms with Crippen molar-refractivity contribution in [2.75, 3.05) is 7.11 Å². The molecule has 0 heterocycles. The van der Waals surface area contributed by atoms with Crippen molar-refractivity contribution in [1.29, 1.82) is 0 Å². The van der Waals surface area contributed by atoms with Gasteiger partial charge in [0.05, 0.1) is 7.11 Å². The number of hydrogen-bond donors (Lipinski definition) is 1. The highest BCUT2D eigenvalue weighted by Crippen LogP contribution is 2.40. The quantitative estimate of drug-likeness (QED) is 0.868. The van der Waals surface area contributed by atoms with Crippen molar-refractivity contribution >= 4 is 0 Å². The van der Waals surface area contributed by atoms with E-state index < -0.39 is 0 Å². The highest BCUT2D eigenvalue weighted by Gasteiger charge is 2.32. The topological polar surface area (TPSA) is 35.2 Å². The van der Waals surface area contributed by atoms with E-state index in [9.17, 15) is 0 Å². The average molecular weight is 233 g/mol. The molecule has 17 heavy (non-hydrogen) atoms. The summed E-state index contributed by atoms with van der Waals surface area (Å²) in [5, 5.41) is 0. The number of rotatable bonds is 3. The van der Waals surface area contributed by atoms with Crippen LogP contribution in [0, 0.1) is 0 Å². The van der Waals surface area contributed by atoms with E-state index in [0.29, 0.717) is 0 Å². The molecule has 0 atom stereocenters. The van der Waals surface area contributed by atoms with Crippen molar-refractivity contribution in [3.63, 3.8) is 0 Å². The van der Waals surface area contributed by atoms with Gasteiger partial charge in [-0.25, -0.2) is 0 Å². The molecule has 0 bridgehead atoms. The summed E-state index contributed by atoms with van der Waals surface area (Å²) in [6.07, 6.45) is 6.93. The molecular formula is C15H23NO. The number of aryl methyl sites for hydroxylation is 1. The highest BCUT2D eigenvalue weighted by atomic mass is 16.5. The van der Waals surface area contributed by atoms with E-state index in [1.807, 2.05) is 0 Å². The van der Waals surface area contributed by atoms with Gasteiger partial charge in [0.25, 0.3) is 0 Å². The van der Waals surface area contributed by atoms with Crippen molar-refractivity contribution < 1.29 is 4.74 Å². The lowest BCUT2D eigenvalue weighted by Crippen LogP contribution is -2.39. The van der Waals surface area contributed by atoms with Crippen molar-refractivity contribution in [1.82, 2.24) is 0 Å². The maximum absolute atomic E-state index is 6.60. The standard InChI is InChI=1S/C15H23NO/c1-3-12-8-7-9-13(14(12)17-2)15(16)10-5-4-6-11-15/h7-9H,3-6,10-11,16H2,1-2H3. The summed E-state index contributed by atoms with van der Waals surface area (Å²) in [5.74, 6) is 1.01. The number of nitrogens with two attached hydrogens (primary N) is 1. The van der Waals surface area contributed by atoms with E-state index in [0.717, 1.165) is 25.0 Å². The number of hydrogen-bond acceptors (Lipinski definition) is 2. The maximum Gasteiger partial charge on any atom is 0.127 e. The lowest BCUT2D eigenvalue weighted by Gasteiger charge is -2.35. The van der Waals surface area contributed by atoms with Crippen LogP contribution in [0.5, 0.6) is 5.75 Å². The smallest absolute Gasteiger partial charge is 0.127 e. The van der Waals surface area contributed by atoms with Gasteiger partial charge < -0.3 is 10.5 Å². The molecule has 0 amide bonds. The SMILES string of the molecule is CCc1cccc(C2(N)CCCCC2)c1OC. The number of ether oxygens (including phenoxy) is 1. The van der Waals surface area contributed by atoms with Gasteiger partial charge in [-0.3, -0.25) is 0 Å². The van der Waals surface area contributed by atoms with Crippen LogP contribution in [-0.2, 0) is 12.0 Å². The van der Waals surface area contributed by atoms with Gasteiger partial charge in [-0.05, 0) is 24.8 Å². The molecule has 0 spiro atoms. The number of para-hydroxylation sites is 1. The summed E-state index contributed by atoms with van der Waals surface area (Å²) in [5.41, 5.74) is 8.90. The first kappa shape index (κ1) is 12.4. The van der Waals surface area contributed by atoms with Crippen LogP contribution >= 0.6 is 0 Å². The van der Waals surface area contributed by atoms with Crippen molar-refractivity contribution in [3.05, 3.63) is 29.3 Å². The van der Waals surface area contributed by atoms with Gasteiger partial charge in [0.2, 0.25) is 0 Å². The minimum absolute atomic E-state index is 0.172. The van der Waals surface area contributed by atoms with Crippen LogP contribution in [0.4, 0.5) is 0 Å². The van der Waals surface area contributed by atoms with E-state index in [2.05, 4.69) is 25.1 Å². The predicted octanol–water partition coefficient (Wildman–Crippen LogP) is 3.38. The Morgan fingerprint density at radius 1 is 1.24 bits per heavy atom. The van der Waals surface area contributed by atoms with Gasteiger partial charge in [0.1, 0.15) is 5.75 Å². The molecular weight excluding hydrogens is 210 g/mol. The Kier molecular flexibility index (Phi) is 3.72. The second-order valence-corrected chi connectivity index (χ2v) is 5.07. The minimum Gasteiger partial charge on any atom is -0.496 e. The van der Waals surface area contributed by atoms with Crippen LogP contribution in [0.1, 0.15) is 50.2 Å². The van der Waals surface area contributed by atoms with Gasteiger partial charge >= 0.3 is 0 Å². The van der Waals surface area contributed by atoms with Crippen LogP contribution in [0.25, 0.3) is 0 Å². The molecule has 1 fully saturated rings. The Morgan fingerprint density at radius 2 is 1.94 bits per heavy atom. The first-order valence-electron chi connectivity index (χ1n) is 6.66. The minimum atomic E-state index is -0.172. The van der Waals surface area contributed by atoms with Crippen LogP contribution in [0.2, 0.25) is 0 Å². The summed E-state index contributed by atoms with van der Waals surface area (Å²) in [4.78, 5) is 0. The molecule has 0 aromatic heterocycles. The fraction of sp³-hybridized carbons (Fsp3) is 0.600. The van der Waals surface area contributed by atoms with Crippen LogP contribution < -0.4 is 10.5 Å². The summed E-state index contributed by atoms with van der Waals surface area (Å²) >= 11 is 0. The second-order valence-electron chi connectivity index (χ2n) is 5.07. The monoisotopic (exact) mass is 233 g/mol. The molecule has 1 aromatic rings. The van der Waals surface area contributed by atoms with Gasteiger partial charge in [0.15, 0.2) is 0 Å². The zero-order chi connectivity index (χ0) is 12.3. The number of methoxy groups -OCH3 is 1. The van der Waals surface area contributed by atoms with E-state index in [1.54, 1.807) is 7.11 Å².